The van der Waals surface area contributed by atoms with E-state index >= 15 is 0 Å². The van der Waals surface area contributed by atoms with E-state index in [9.17, 15) is 0 Å². The van der Waals surface area contributed by atoms with E-state index in [1.807, 2.05) is 19.8 Å². The SMILES string of the molecule is [C-]#CC(OCC)=[O+]CC. The number of hydrogen-bond donors (Lipinski definition) is 0. The fraction of sp³-hybridized carbons (Fsp3) is 0.571. The molecule has 0 fully saturated rings. The lowest BCUT2D eigenvalue weighted by Crippen LogP contribution is -2.04. The first-order valence-corrected chi connectivity index (χ1v) is 2.90. The van der Waals surface area contributed by atoms with E-state index in [2.05, 4.69) is 0 Å². The van der Waals surface area contributed by atoms with Crippen molar-refractivity contribution >= 4 is 5.97 Å². The quantitative estimate of drug-likeness (QED) is 0.231. The predicted octanol–water partition coefficient (Wildman–Crippen LogP) is 0.695. The number of esters is 1. The summed E-state index contributed by atoms with van der Waals surface area (Å²) in [6.45, 7) is 4.69. The van der Waals surface area contributed by atoms with Gasteiger partial charge in [0, 0.05) is 0 Å². The summed E-state index contributed by atoms with van der Waals surface area (Å²) in [5.74, 6) is 2.19. The van der Waals surface area contributed by atoms with Gasteiger partial charge in [-0.15, -0.1) is 5.92 Å². The lowest BCUT2D eigenvalue weighted by molar-refractivity contribution is -0.461. The van der Waals surface area contributed by atoms with Gasteiger partial charge >= 0.3 is 5.97 Å². The van der Waals surface area contributed by atoms with Crippen molar-refractivity contribution in [3.63, 3.8) is 0 Å². The van der Waals surface area contributed by atoms with Gasteiger partial charge in [0.15, 0.2) is 13.2 Å². The molecule has 9 heavy (non-hydrogen) atoms. The van der Waals surface area contributed by atoms with Crippen LogP contribution in [0.25, 0.3) is 0 Å². The Morgan fingerprint density at radius 2 is 2.33 bits per heavy atom. The van der Waals surface area contributed by atoms with E-state index in [0.717, 1.165) is 0 Å². The third-order valence-electron chi connectivity index (χ3n) is 0.653. The van der Waals surface area contributed by atoms with Gasteiger partial charge in [-0.25, -0.2) is 0 Å². The van der Waals surface area contributed by atoms with E-state index in [1.165, 1.54) is 0 Å². The van der Waals surface area contributed by atoms with Gasteiger partial charge in [0.1, 0.15) is 0 Å². The molecule has 50 valence electrons. The van der Waals surface area contributed by atoms with Crippen LogP contribution >= 0.6 is 0 Å². The van der Waals surface area contributed by atoms with Gasteiger partial charge in [-0.3, -0.25) is 0 Å². The van der Waals surface area contributed by atoms with Gasteiger partial charge < -0.3 is 15.6 Å². The van der Waals surface area contributed by atoms with E-state index < -0.39 is 0 Å². The summed E-state index contributed by atoms with van der Waals surface area (Å²) >= 11 is 0. The molecule has 0 aliphatic heterocycles. The van der Waals surface area contributed by atoms with Crippen LogP contribution in [-0.2, 0) is 9.16 Å². The normalized spacial score (nSPS) is 10.6. The monoisotopic (exact) mass is 126 g/mol. The van der Waals surface area contributed by atoms with Crippen molar-refractivity contribution in [2.45, 2.75) is 13.8 Å². The van der Waals surface area contributed by atoms with Gasteiger partial charge in [-0.1, -0.05) is 0 Å². The molecule has 2 nitrogen and oxygen atoms in total. The van der Waals surface area contributed by atoms with Gasteiger partial charge in [0.25, 0.3) is 0 Å². The van der Waals surface area contributed by atoms with Gasteiger partial charge in [-0.05, 0) is 13.8 Å². The molecule has 0 unspecified atom stereocenters. The molecule has 0 aliphatic carbocycles. The van der Waals surface area contributed by atoms with Crippen LogP contribution < -0.4 is 0 Å². The molecule has 0 saturated carbocycles. The first-order valence-electron chi connectivity index (χ1n) is 2.90. The molecule has 0 saturated heterocycles. The number of ether oxygens (including phenoxy) is 1. The van der Waals surface area contributed by atoms with Crippen molar-refractivity contribution < 1.29 is 9.16 Å². The van der Waals surface area contributed by atoms with E-state index in [-0.39, 0.29) is 5.97 Å². The zero-order chi connectivity index (χ0) is 7.11. The molecule has 0 amide bonds. The number of hydrogen-bond acceptors (Lipinski definition) is 1. The van der Waals surface area contributed by atoms with Crippen LogP contribution in [0.5, 0.6) is 0 Å². The summed E-state index contributed by atoms with van der Waals surface area (Å²) in [5.41, 5.74) is 0. The van der Waals surface area contributed by atoms with Crippen molar-refractivity contribution in [1.82, 2.24) is 0 Å². The Hall–Kier alpha value is -0.970. The molecule has 0 atom stereocenters. The summed E-state index contributed by atoms with van der Waals surface area (Å²) in [7, 11) is 0. The largest absolute Gasteiger partial charge is 0.409 e. The molecule has 0 bridgehead atoms. The molecule has 0 radical (unpaired) electrons. The summed E-state index contributed by atoms with van der Waals surface area (Å²) in [6.07, 6.45) is 6.63. The Balaban J connectivity index is 3.71. The first-order chi connectivity index (χ1) is 4.35. The molecular weight excluding hydrogens is 116 g/mol. The van der Waals surface area contributed by atoms with Crippen LogP contribution in [-0.4, -0.2) is 19.2 Å². The highest BCUT2D eigenvalue weighted by molar-refractivity contribution is 5.87. The average molecular weight is 126 g/mol. The maximum Gasteiger partial charge on any atom is 0.409 e. The minimum Gasteiger partial charge on any atom is -0.398 e. The van der Waals surface area contributed by atoms with Crippen LogP contribution in [0.4, 0.5) is 0 Å². The second-order valence-electron chi connectivity index (χ2n) is 1.28. The number of carbonyl (C=O) groups excluding carboxylic acids is 1. The number of rotatable bonds is 2. The van der Waals surface area contributed by atoms with Crippen molar-refractivity contribution in [2.75, 3.05) is 13.2 Å². The molecule has 0 aliphatic rings. The Bertz CT molecular complexity index is 130. The van der Waals surface area contributed by atoms with Crippen LogP contribution in [0.1, 0.15) is 13.8 Å². The highest BCUT2D eigenvalue weighted by atomic mass is 16.6. The average Bonchev–Trinajstić information content (AvgIpc) is 1.88. The lowest BCUT2D eigenvalue weighted by atomic mass is 10.7. The summed E-state index contributed by atoms with van der Waals surface area (Å²) < 4.78 is 9.65. The Morgan fingerprint density at radius 1 is 1.67 bits per heavy atom. The lowest BCUT2D eigenvalue weighted by Gasteiger charge is -1.92. The van der Waals surface area contributed by atoms with Gasteiger partial charge in [0.2, 0.25) is 0 Å². The van der Waals surface area contributed by atoms with Crippen LogP contribution in [0.2, 0.25) is 0 Å². The van der Waals surface area contributed by atoms with Crippen molar-refractivity contribution in [2.24, 2.45) is 0 Å². The van der Waals surface area contributed by atoms with Gasteiger partial charge in [0.05, 0.1) is 0 Å². The molecule has 0 aromatic heterocycles. The molecule has 2 heteroatoms. The standard InChI is InChI=1S/C7H10O2/c1-4-7(8-5-2)9-6-3/h5-6H2,2-3H3. The summed E-state index contributed by atoms with van der Waals surface area (Å²) in [6, 6.07) is 0. The smallest absolute Gasteiger partial charge is 0.398 e. The Kier molecular flexibility index (Phi) is 4.61. The highest BCUT2D eigenvalue weighted by Crippen LogP contribution is 1.75. The maximum absolute atomic E-state index is 6.63. The molecule has 0 spiro atoms. The Morgan fingerprint density at radius 3 is 2.67 bits per heavy atom. The van der Waals surface area contributed by atoms with Crippen molar-refractivity contribution in [3.05, 3.63) is 6.42 Å². The second-order valence-corrected chi connectivity index (χ2v) is 1.28. The maximum atomic E-state index is 6.63. The third-order valence-corrected chi connectivity index (χ3v) is 0.653. The molecule has 0 heterocycles. The molecule has 0 aromatic rings. The van der Waals surface area contributed by atoms with Gasteiger partial charge in [-0.2, -0.15) is 0 Å². The second kappa shape index (κ2) is 5.17. The molecule has 0 N–H and O–H groups in total. The minimum atomic E-state index is 0.167. The van der Waals surface area contributed by atoms with Crippen molar-refractivity contribution in [1.29, 1.82) is 0 Å². The van der Waals surface area contributed by atoms with Crippen LogP contribution in [0, 0.1) is 12.3 Å². The van der Waals surface area contributed by atoms with E-state index in [4.69, 9.17) is 15.6 Å². The van der Waals surface area contributed by atoms with Crippen LogP contribution in [0.15, 0.2) is 0 Å². The topological polar surface area (TPSA) is 20.5 Å². The van der Waals surface area contributed by atoms with Crippen LogP contribution in [0.3, 0.4) is 0 Å². The molecule has 0 rings (SSSR count). The zero-order valence-corrected chi connectivity index (χ0v) is 5.73. The summed E-state index contributed by atoms with van der Waals surface area (Å²) in [5, 5.41) is 0. The fourth-order valence-electron chi connectivity index (χ4n) is 0.376. The zero-order valence-electron chi connectivity index (χ0n) is 5.73. The third kappa shape index (κ3) is 3.60. The van der Waals surface area contributed by atoms with E-state index in [1.54, 1.807) is 0 Å². The minimum absolute atomic E-state index is 0.167. The van der Waals surface area contributed by atoms with E-state index in [0.29, 0.717) is 13.2 Å². The highest BCUT2D eigenvalue weighted by Gasteiger charge is 1.92. The molecular formula is C7H10O2. The first kappa shape index (κ1) is 8.03. The van der Waals surface area contributed by atoms with Crippen molar-refractivity contribution in [3.8, 4) is 5.92 Å². The molecule has 0 aromatic carbocycles. The Labute approximate surface area is 55.5 Å². The predicted molar refractivity (Wildman–Crippen MR) is 34.3 cm³/mol. The summed E-state index contributed by atoms with van der Waals surface area (Å²) in [4.78, 5) is 0. The fourth-order valence-corrected chi connectivity index (χ4v) is 0.376.